The standard InChI is InChI=1S/C15H21N5O3/c21-12-8-16-15(22)20(12)7-6-19-5-1-2-11(9-19)13-17-14(23-18-13)10-3-4-10/h10-11H,1-9H2,(H,16,22). The van der Waals surface area contributed by atoms with Gasteiger partial charge in [0.1, 0.15) is 0 Å². The van der Waals surface area contributed by atoms with Gasteiger partial charge in [-0.2, -0.15) is 4.98 Å². The second-order valence-corrected chi connectivity index (χ2v) is 6.61. The topological polar surface area (TPSA) is 91.6 Å². The van der Waals surface area contributed by atoms with Gasteiger partial charge in [0.2, 0.25) is 11.8 Å². The number of imide groups is 1. The highest BCUT2D eigenvalue weighted by Gasteiger charge is 2.33. The highest BCUT2D eigenvalue weighted by atomic mass is 16.5. The van der Waals surface area contributed by atoms with Crippen LogP contribution in [0.5, 0.6) is 0 Å². The third-order valence-corrected chi connectivity index (χ3v) is 4.83. The molecular weight excluding hydrogens is 298 g/mol. The first kappa shape index (κ1) is 14.6. The van der Waals surface area contributed by atoms with Gasteiger partial charge in [0, 0.05) is 31.5 Å². The van der Waals surface area contributed by atoms with Crippen LogP contribution in [-0.2, 0) is 4.79 Å². The number of urea groups is 1. The number of hydrogen-bond donors (Lipinski definition) is 1. The molecular formula is C15H21N5O3. The third-order valence-electron chi connectivity index (χ3n) is 4.83. The van der Waals surface area contributed by atoms with Gasteiger partial charge in [0.15, 0.2) is 5.82 Å². The molecule has 1 aliphatic carbocycles. The fraction of sp³-hybridized carbons (Fsp3) is 0.733. The molecule has 3 heterocycles. The number of carbonyl (C=O) groups excluding carboxylic acids is 2. The quantitative estimate of drug-likeness (QED) is 0.802. The molecule has 0 spiro atoms. The van der Waals surface area contributed by atoms with Gasteiger partial charge in [-0.05, 0) is 32.2 Å². The van der Waals surface area contributed by atoms with Crippen molar-refractivity contribution in [3.8, 4) is 0 Å². The SMILES string of the molecule is O=C1CNC(=O)N1CCN1CCCC(c2noc(C3CC3)n2)C1. The lowest BCUT2D eigenvalue weighted by Gasteiger charge is -2.31. The van der Waals surface area contributed by atoms with Crippen molar-refractivity contribution in [3.05, 3.63) is 11.7 Å². The molecule has 3 aliphatic rings. The first-order chi connectivity index (χ1) is 11.2. The summed E-state index contributed by atoms with van der Waals surface area (Å²) >= 11 is 0. The van der Waals surface area contributed by atoms with Gasteiger partial charge >= 0.3 is 6.03 Å². The number of amides is 3. The van der Waals surface area contributed by atoms with Crippen LogP contribution >= 0.6 is 0 Å². The van der Waals surface area contributed by atoms with Crippen molar-refractivity contribution in [2.24, 2.45) is 0 Å². The summed E-state index contributed by atoms with van der Waals surface area (Å²) in [6.45, 7) is 3.09. The molecule has 8 heteroatoms. The number of carbonyl (C=O) groups is 2. The minimum Gasteiger partial charge on any atom is -0.339 e. The van der Waals surface area contributed by atoms with Crippen molar-refractivity contribution < 1.29 is 14.1 Å². The van der Waals surface area contributed by atoms with Crippen LogP contribution in [-0.4, -0.2) is 64.6 Å². The zero-order chi connectivity index (χ0) is 15.8. The molecule has 0 aromatic carbocycles. The van der Waals surface area contributed by atoms with Gasteiger partial charge in [-0.15, -0.1) is 0 Å². The number of rotatable bonds is 5. The Morgan fingerprint density at radius 2 is 2.04 bits per heavy atom. The highest BCUT2D eigenvalue weighted by Crippen LogP contribution is 2.39. The van der Waals surface area contributed by atoms with E-state index in [0.717, 1.165) is 50.5 Å². The van der Waals surface area contributed by atoms with Crippen LogP contribution in [0, 0.1) is 0 Å². The van der Waals surface area contributed by atoms with E-state index in [2.05, 4.69) is 20.4 Å². The molecule has 0 bridgehead atoms. The van der Waals surface area contributed by atoms with Crippen LogP contribution in [0.4, 0.5) is 4.79 Å². The maximum Gasteiger partial charge on any atom is 0.324 e. The van der Waals surface area contributed by atoms with Crippen molar-refractivity contribution in [3.63, 3.8) is 0 Å². The van der Waals surface area contributed by atoms with E-state index in [0.29, 0.717) is 19.0 Å². The van der Waals surface area contributed by atoms with Gasteiger partial charge in [0.05, 0.1) is 6.54 Å². The fourth-order valence-corrected chi connectivity index (χ4v) is 3.30. The lowest BCUT2D eigenvalue weighted by atomic mass is 9.97. The summed E-state index contributed by atoms with van der Waals surface area (Å²) in [5, 5.41) is 6.70. The van der Waals surface area contributed by atoms with E-state index < -0.39 is 0 Å². The van der Waals surface area contributed by atoms with Crippen molar-refractivity contribution in [2.45, 2.75) is 37.5 Å². The largest absolute Gasteiger partial charge is 0.339 e. The monoisotopic (exact) mass is 319 g/mol. The molecule has 8 nitrogen and oxygen atoms in total. The van der Waals surface area contributed by atoms with E-state index in [-0.39, 0.29) is 24.4 Å². The first-order valence-electron chi connectivity index (χ1n) is 8.35. The van der Waals surface area contributed by atoms with Crippen LogP contribution in [0.15, 0.2) is 4.52 Å². The summed E-state index contributed by atoms with van der Waals surface area (Å²) in [6, 6.07) is -0.282. The first-order valence-corrected chi connectivity index (χ1v) is 8.35. The van der Waals surface area contributed by atoms with Crippen LogP contribution in [0.2, 0.25) is 0 Å². The molecule has 4 rings (SSSR count). The number of aromatic nitrogens is 2. The van der Waals surface area contributed by atoms with Gasteiger partial charge in [0.25, 0.3) is 0 Å². The van der Waals surface area contributed by atoms with Crippen molar-refractivity contribution in [1.29, 1.82) is 0 Å². The van der Waals surface area contributed by atoms with Crippen molar-refractivity contribution in [2.75, 3.05) is 32.7 Å². The van der Waals surface area contributed by atoms with E-state index in [1.165, 1.54) is 4.90 Å². The normalized spacial score (nSPS) is 25.9. The lowest BCUT2D eigenvalue weighted by molar-refractivity contribution is -0.125. The van der Waals surface area contributed by atoms with E-state index >= 15 is 0 Å². The summed E-state index contributed by atoms with van der Waals surface area (Å²) < 4.78 is 5.36. The van der Waals surface area contributed by atoms with E-state index in [4.69, 9.17) is 4.52 Å². The minimum absolute atomic E-state index is 0.119. The molecule has 3 fully saturated rings. The number of hydrogen-bond acceptors (Lipinski definition) is 6. The Hall–Kier alpha value is -1.96. The fourth-order valence-electron chi connectivity index (χ4n) is 3.30. The zero-order valence-electron chi connectivity index (χ0n) is 13.0. The van der Waals surface area contributed by atoms with Gasteiger partial charge in [-0.1, -0.05) is 5.16 Å². The van der Waals surface area contributed by atoms with Gasteiger partial charge < -0.3 is 14.7 Å². The molecule has 1 atom stereocenters. The Morgan fingerprint density at radius 1 is 1.17 bits per heavy atom. The Kier molecular flexibility index (Phi) is 3.76. The summed E-state index contributed by atoms with van der Waals surface area (Å²) in [4.78, 5) is 31.3. The summed E-state index contributed by atoms with van der Waals surface area (Å²) in [5.74, 6) is 2.22. The van der Waals surface area contributed by atoms with E-state index in [1.54, 1.807) is 0 Å². The molecule has 1 unspecified atom stereocenters. The predicted octanol–water partition coefficient (Wildman–Crippen LogP) is 0.678. The Labute approximate surface area is 134 Å². The summed E-state index contributed by atoms with van der Waals surface area (Å²) in [7, 11) is 0. The molecule has 124 valence electrons. The van der Waals surface area contributed by atoms with Crippen LogP contribution in [0.25, 0.3) is 0 Å². The Balaban J connectivity index is 1.33. The molecule has 23 heavy (non-hydrogen) atoms. The zero-order valence-corrected chi connectivity index (χ0v) is 13.0. The van der Waals surface area contributed by atoms with Gasteiger partial charge in [-0.25, -0.2) is 4.79 Å². The second kappa shape index (κ2) is 5.92. The van der Waals surface area contributed by atoms with Crippen LogP contribution < -0.4 is 5.32 Å². The van der Waals surface area contributed by atoms with Crippen molar-refractivity contribution in [1.82, 2.24) is 25.3 Å². The summed E-state index contributed by atoms with van der Waals surface area (Å²) in [6.07, 6.45) is 4.44. The number of nitrogens with one attached hydrogen (secondary N) is 1. The van der Waals surface area contributed by atoms with Crippen molar-refractivity contribution >= 4 is 11.9 Å². The van der Waals surface area contributed by atoms with E-state index in [9.17, 15) is 9.59 Å². The lowest BCUT2D eigenvalue weighted by Crippen LogP contribution is -2.42. The number of nitrogens with zero attached hydrogens (tertiary/aromatic N) is 4. The molecule has 2 aliphatic heterocycles. The molecule has 0 radical (unpaired) electrons. The second-order valence-electron chi connectivity index (χ2n) is 6.61. The average Bonchev–Trinajstić information content (AvgIpc) is 3.21. The Bertz CT molecular complexity index is 596. The maximum absolute atomic E-state index is 11.6. The highest BCUT2D eigenvalue weighted by molar-refractivity contribution is 6.01. The van der Waals surface area contributed by atoms with Crippen LogP contribution in [0.3, 0.4) is 0 Å². The Morgan fingerprint density at radius 3 is 2.78 bits per heavy atom. The van der Waals surface area contributed by atoms with Gasteiger partial charge in [-0.3, -0.25) is 9.69 Å². The third kappa shape index (κ3) is 3.08. The smallest absolute Gasteiger partial charge is 0.324 e. The predicted molar refractivity (Wildman–Crippen MR) is 79.8 cm³/mol. The molecule has 1 aromatic rings. The van der Waals surface area contributed by atoms with E-state index in [1.807, 2.05) is 0 Å². The maximum atomic E-state index is 11.6. The number of likely N-dealkylation sites (tertiary alicyclic amines) is 1. The molecule has 2 saturated heterocycles. The minimum atomic E-state index is -0.282. The molecule has 1 N–H and O–H groups in total. The van der Waals surface area contributed by atoms with Crippen LogP contribution in [0.1, 0.15) is 49.2 Å². The average molecular weight is 319 g/mol. The molecule has 3 amide bonds. The number of piperidine rings is 1. The molecule has 1 aromatic heterocycles. The summed E-state index contributed by atoms with van der Waals surface area (Å²) in [5.41, 5.74) is 0. The molecule has 1 saturated carbocycles.